The molecule has 2 unspecified atom stereocenters. The first kappa shape index (κ1) is 13.6. The highest BCUT2D eigenvalue weighted by Gasteiger charge is 2.06. The van der Waals surface area contributed by atoms with Crippen molar-refractivity contribution < 1.29 is 9.84 Å². The minimum absolute atomic E-state index is 0.394. The summed E-state index contributed by atoms with van der Waals surface area (Å²) >= 11 is 1.82. The molecule has 1 aromatic rings. The molecule has 0 spiro atoms. The lowest BCUT2D eigenvalue weighted by atomic mass is 10.1. The third-order valence-corrected chi connectivity index (χ3v) is 3.57. The Bertz CT molecular complexity index is 313. The van der Waals surface area contributed by atoms with Crippen molar-refractivity contribution in [2.24, 2.45) is 0 Å². The lowest BCUT2D eigenvalue weighted by molar-refractivity contribution is 0.195. The lowest BCUT2D eigenvalue weighted by Crippen LogP contribution is -2.01. The highest BCUT2D eigenvalue weighted by atomic mass is 32.2. The van der Waals surface area contributed by atoms with Crippen molar-refractivity contribution in [3.05, 3.63) is 29.8 Å². The number of aliphatic hydroxyl groups is 1. The van der Waals surface area contributed by atoms with Crippen molar-refractivity contribution in [2.75, 3.05) is 13.7 Å². The predicted octanol–water partition coefficient (Wildman–Crippen LogP) is 3.26. The molecule has 0 aliphatic rings. The normalized spacial score (nSPS) is 14.8. The predicted molar refractivity (Wildman–Crippen MR) is 68.9 cm³/mol. The van der Waals surface area contributed by atoms with Crippen LogP contribution in [0.5, 0.6) is 0 Å². The van der Waals surface area contributed by atoms with E-state index in [9.17, 15) is 5.11 Å². The molecule has 0 saturated carbocycles. The summed E-state index contributed by atoms with van der Waals surface area (Å²) < 4.78 is 5.06. The van der Waals surface area contributed by atoms with Crippen LogP contribution in [0.25, 0.3) is 0 Å². The Morgan fingerprint density at radius 3 is 2.75 bits per heavy atom. The number of hydrogen-bond donors (Lipinski definition) is 1. The molecule has 1 N–H and O–H groups in total. The third-order valence-electron chi connectivity index (χ3n) is 2.41. The molecule has 0 aromatic heterocycles. The van der Waals surface area contributed by atoms with Crippen LogP contribution >= 0.6 is 11.8 Å². The maximum absolute atomic E-state index is 9.49. The third kappa shape index (κ3) is 4.56. The van der Waals surface area contributed by atoms with Gasteiger partial charge in [-0.1, -0.05) is 19.1 Å². The van der Waals surface area contributed by atoms with Crippen LogP contribution in [0, 0.1) is 0 Å². The van der Waals surface area contributed by atoms with Gasteiger partial charge >= 0.3 is 0 Å². The molecule has 2 nitrogen and oxygen atoms in total. The van der Waals surface area contributed by atoms with E-state index in [1.54, 1.807) is 14.0 Å². The fourth-order valence-corrected chi connectivity index (χ4v) is 2.46. The zero-order valence-electron chi connectivity index (χ0n) is 10.1. The molecule has 0 amide bonds. The summed E-state index contributed by atoms with van der Waals surface area (Å²) in [5.74, 6) is 0. The highest BCUT2D eigenvalue weighted by Crippen LogP contribution is 2.27. The summed E-state index contributed by atoms with van der Waals surface area (Å²) in [6.07, 6.45) is 0.648. The van der Waals surface area contributed by atoms with Gasteiger partial charge in [0.15, 0.2) is 0 Å². The average molecular weight is 240 g/mol. The van der Waals surface area contributed by atoms with Gasteiger partial charge < -0.3 is 9.84 Å². The molecule has 0 heterocycles. The summed E-state index contributed by atoms with van der Waals surface area (Å²) in [7, 11) is 1.73. The number of benzene rings is 1. The Morgan fingerprint density at radius 1 is 1.38 bits per heavy atom. The minimum Gasteiger partial charge on any atom is -0.389 e. The molecule has 0 bridgehead atoms. The van der Waals surface area contributed by atoms with E-state index in [1.807, 2.05) is 23.9 Å². The smallest absolute Gasteiger partial charge is 0.0762 e. The second kappa shape index (κ2) is 6.94. The van der Waals surface area contributed by atoms with Gasteiger partial charge in [-0.05, 0) is 31.0 Å². The van der Waals surface area contributed by atoms with Gasteiger partial charge in [0.1, 0.15) is 0 Å². The van der Waals surface area contributed by atoms with Gasteiger partial charge in [-0.2, -0.15) is 0 Å². The number of aliphatic hydroxyl groups excluding tert-OH is 1. The molecule has 1 rings (SSSR count). The standard InChI is InChI=1S/C13H20O2S/c1-10(7-8-15-3)16-13-6-4-5-12(9-13)11(2)14/h4-6,9-11,14H,7-8H2,1-3H3. The molecule has 2 atom stereocenters. The SMILES string of the molecule is COCCC(C)Sc1cccc(C(C)O)c1. The van der Waals surface area contributed by atoms with Crippen molar-refractivity contribution >= 4 is 11.8 Å². The van der Waals surface area contributed by atoms with Gasteiger partial charge in [-0.25, -0.2) is 0 Å². The summed E-state index contributed by atoms with van der Waals surface area (Å²) in [5.41, 5.74) is 0.976. The molecule has 0 saturated heterocycles. The Kier molecular flexibility index (Phi) is 5.88. The molecule has 90 valence electrons. The lowest BCUT2D eigenvalue weighted by Gasteiger charge is -2.12. The Hall–Kier alpha value is -0.510. The van der Waals surface area contributed by atoms with Crippen LogP contribution in [0.1, 0.15) is 31.9 Å². The largest absolute Gasteiger partial charge is 0.389 e. The monoisotopic (exact) mass is 240 g/mol. The number of ether oxygens (including phenoxy) is 1. The Balaban J connectivity index is 2.56. The van der Waals surface area contributed by atoms with Crippen LogP contribution < -0.4 is 0 Å². The second-order valence-corrected chi connectivity index (χ2v) is 5.47. The molecule has 0 aliphatic heterocycles. The second-order valence-electron chi connectivity index (χ2n) is 3.96. The van der Waals surface area contributed by atoms with Crippen LogP contribution in [0.4, 0.5) is 0 Å². The van der Waals surface area contributed by atoms with Crippen LogP contribution in [0.15, 0.2) is 29.2 Å². The summed E-state index contributed by atoms with van der Waals surface area (Å²) in [6.45, 7) is 4.78. The van der Waals surface area contributed by atoms with Gasteiger partial charge in [0.05, 0.1) is 6.10 Å². The first-order chi connectivity index (χ1) is 7.63. The summed E-state index contributed by atoms with van der Waals surface area (Å²) in [5, 5.41) is 10.0. The van der Waals surface area contributed by atoms with Crippen LogP contribution in [0.2, 0.25) is 0 Å². The van der Waals surface area contributed by atoms with E-state index in [-0.39, 0.29) is 0 Å². The van der Waals surface area contributed by atoms with Gasteiger partial charge in [-0.15, -0.1) is 11.8 Å². The number of thioether (sulfide) groups is 1. The highest BCUT2D eigenvalue weighted by molar-refractivity contribution is 7.99. The van der Waals surface area contributed by atoms with Crippen molar-refractivity contribution in [3.8, 4) is 0 Å². The molecule has 16 heavy (non-hydrogen) atoms. The van der Waals surface area contributed by atoms with E-state index in [4.69, 9.17) is 4.74 Å². The first-order valence-corrected chi connectivity index (χ1v) is 6.45. The van der Waals surface area contributed by atoms with Crippen LogP contribution in [-0.4, -0.2) is 24.1 Å². The summed E-state index contributed by atoms with van der Waals surface area (Å²) in [6, 6.07) is 8.08. The van der Waals surface area contributed by atoms with Crippen LogP contribution in [0.3, 0.4) is 0 Å². The van der Waals surface area contributed by atoms with Crippen molar-refractivity contribution in [2.45, 2.75) is 36.5 Å². The maximum Gasteiger partial charge on any atom is 0.0762 e. The Morgan fingerprint density at radius 2 is 2.12 bits per heavy atom. The summed E-state index contributed by atoms with van der Waals surface area (Å²) in [4.78, 5) is 1.21. The average Bonchev–Trinajstić information content (AvgIpc) is 2.26. The fraction of sp³-hybridized carbons (Fsp3) is 0.538. The zero-order chi connectivity index (χ0) is 12.0. The van der Waals surface area contributed by atoms with E-state index in [0.29, 0.717) is 5.25 Å². The van der Waals surface area contributed by atoms with E-state index in [0.717, 1.165) is 18.6 Å². The van der Waals surface area contributed by atoms with Gasteiger partial charge in [0.2, 0.25) is 0 Å². The molecular formula is C13H20O2S. The van der Waals surface area contributed by atoms with Gasteiger partial charge in [0, 0.05) is 23.9 Å². The molecule has 0 fully saturated rings. The topological polar surface area (TPSA) is 29.5 Å². The van der Waals surface area contributed by atoms with E-state index in [1.165, 1.54) is 4.90 Å². The van der Waals surface area contributed by atoms with Gasteiger partial charge in [-0.3, -0.25) is 0 Å². The number of hydrogen-bond acceptors (Lipinski definition) is 3. The molecule has 3 heteroatoms. The number of rotatable bonds is 6. The molecule has 0 radical (unpaired) electrons. The molecule has 0 aliphatic carbocycles. The van der Waals surface area contributed by atoms with Crippen molar-refractivity contribution in [3.63, 3.8) is 0 Å². The van der Waals surface area contributed by atoms with Crippen molar-refractivity contribution in [1.82, 2.24) is 0 Å². The Labute approximate surface area is 102 Å². The molecular weight excluding hydrogens is 220 g/mol. The van der Waals surface area contributed by atoms with Crippen molar-refractivity contribution in [1.29, 1.82) is 0 Å². The van der Waals surface area contributed by atoms with E-state index in [2.05, 4.69) is 19.1 Å². The maximum atomic E-state index is 9.49. The quantitative estimate of drug-likeness (QED) is 0.774. The van der Waals surface area contributed by atoms with E-state index < -0.39 is 6.10 Å². The fourth-order valence-electron chi connectivity index (χ4n) is 1.42. The number of methoxy groups -OCH3 is 1. The first-order valence-electron chi connectivity index (χ1n) is 5.57. The minimum atomic E-state index is -0.394. The zero-order valence-corrected chi connectivity index (χ0v) is 11.0. The van der Waals surface area contributed by atoms with Gasteiger partial charge in [0.25, 0.3) is 0 Å². The molecule has 1 aromatic carbocycles. The van der Waals surface area contributed by atoms with Crippen LogP contribution in [-0.2, 0) is 4.74 Å². The van der Waals surface area contributed by atoms with E-state index >= 15 is 0 Å².